The minimum Gasteiger partial charge on any atom is -0.383 e. The van der Waals surface area contributed by atoms with Gasteiger partial charge in [0.25, 0.3) is 0 Å². The van der Waals surface area contributed by atoms with Gasteiger partial charge in [0.2, 0.25) is 11.8 Å². The lowest BCUT2D eigenvalue weighted by Gasteiger charge is -2.07. The quantitative estimate of drug-likeness (QED) is 0.405. The molecule has 0 heterocycles. The summed E-state index contributed by atoms with van der Waals surface area (Å²) in [4.78, 5) is 22.0. The van der Waals surface area contributed by atoms with Crippen LogP contribution in [0, 0.1) is 0 Å². The van der Waals surface area contributed by atoms with E-state index in [4.69, 9.17) is 4.74 Å². The Morgan fingerprint density at radius 2 is 2.07 bits per heavy atom. The summed E-state index contributed by atoms with van der Waals surface area (Å²) in [5.74, 6) is -0.486. The molecule has 0 aliphatic carbocycles. The highest BCUT2D eigenvalue weighted by Crippen LogP contribution is 1.90. The van der Waals surface area contributed by atoms with E-state index in [1.54, 1.807) is 14.0 Å². The predicted molar refractivity (Wildman–Crippen MR) is 56.3 cm³/mol. The molecule has 0 spiro atoms. The third-order valence-electron chi connectivity index (χ3n) is 1.43. The number of carbonyl (C=O) groups excluding carboxylic acids is 2. The summed E-state index contributed by atoms with van der Waals surface area (Å²) in [5.41, 5.74) is 0. The second kappa shape index (κ2) is 7.64. The van der Waals surface area contributed by atoms with Crippen molar-refractivity contribution in [2.45, 2.75) is 12.2 Å². The molecular formula is C8H16N2O3S. The number of hydrogen-bond donors (Lipinski definition) is 3. The van der Waals surface area contributed by atoms with Crippen molar-refractivity contribution in [1.29, 1.82) is 0 Å². The first kappa shape index (κ1) is 13.2. The van der Waals surface area contributed by atoms with E-state index >= 15 is 0 Å². The maximum atomic E-state index is 11.0. The number of amides is 2. The molecule has 0 saturated heterocycles. The minimum atomic E-state index is -0.401. The molecule has 0 aromatic heterocycles. The average molecular weight is 220 g/mol. The van der Waals surface area contributed by atoms with Gasteiger partial charge in [0.05, 0.1) is 18.4 Å². The first-order valence-electron chi connectivity index (χ1n) is 4.29. The molecule has 6 heteroatoms. The van der Waals surface area contributed by atoms with E-state index in [-0.39, 0.29) is 18.4 Å². The van der Waals surface area contributed by atoms with E-state index in [1.165, 1.54) is 0 Å². The number of methoxy groups -OCH3 is 1. The molecule has 0 fully saturated rings. The van der Waals surface area contributed by atoms with Crippen molar-refractivity contribution in [2.75, 3.05) is 26.8 Å². The molecule has 14 heavy (non-hydrogen) atoms. The van der Waals surface area contributed by atoms with Crippen molar-refractivity contribution in [3.8, 4) is 0 Å². The topological polar surface area (TPSA) is 67.4 Å². The van der Waals surface area contributed by atoms with Crippen LogP contribution in [0.4, 0.5) is 0 Å². The predicted octanol–water partition coefficient (Wildman–Crippen LogP) is -0.816. The summed E-state index contributed by atoms with van der Waals surface area (Å²) in [5, 5.41) is 4.61. The molecule has 1 unspecified atom stereocenters. The summed E-state index contributed by atoms with van der Waals surface area (Å²) >= 11 is 3.92. The van der Waals surface area contributed by atoms with Gasteiger partial charge < -0.3 is 15.4 Å². The lowest BCUT2D eigenvalue weighted by molar-refractivity contribution is -0.125. The van der Waals surface area contributed by atoms with Gasteiger partial charge in [-0.15, -0.1) is 0 Å². The zero-order chi connectivity index (χ0) is 11.0. The summed E-state index contributed by atoms with van der Waals surface area (Å²) in [6, 6.07) is 0. The minimum absolute atomic E-state index is 0.0204. The Kier molecular flexibility index (Phi) is 7.23. The van der Waals surface area contributed by atoms with Crippen molar-refractivity contribution in [2.24, 2.45) is 0 Å². The summed E-state index contributed by atoms with van der Waals surface area (Å²) in [7, 11) is 1.55. The maximum Gasteiger partial charge on any atom is 0.239 e. The summed E-state index contributed by atoms with van der Waals surface area (Å²) in [6.45, 7) is 2.53. The van der Waals surface area contributed by atoms with Crippen LogP contribution in [0.1, 0.15) is 6.92 Å². The Morgan fingerprint density at radius 3 is 2.57 bits per heavy atom. The Morgan fingerprint density at radius 1 is 1.43 bits per heavy atom. The second-order valence-electron chi connectivity index (χ2n) is 2.74. The first-order chi connectivity index (χ1) is 6.57. The van der Waals surface area contributed by atoms with Gasteiger partial charge >= 0.3 is 0 Å². The number of hydrogen-bond acceptors (Lipinski definition) is 4. The molecule has 0 aliphatic rings. The van der Waals surface area contributed by atoms with Gasteiger partial charge in [-0.2, -0.15) is 12.6 Å². The van der Waals surface area contributed by atoms with E-state index in [2.05, 4.69) is 23.3 Å². The maximum absolute atomic E-state index is 11.0. The van der Waals surface area contributed by atoms with E-state index in [0.717, 1.165) is 0 Å². The number of nitrogens with one attached hydrogen (secondary N) is 2. The largest absolute Gasteiger partial charge is 0.383 e. The van der Waals surface area contributed by atoms with Crippen LogP contribution in [0.25, 0.3) is 0 Å². The van der Waals surface area contributed by atoms with Crippen LogP contribution in [0.5, 0.6) is 0 Å². The number of rotatable bonds is 6. The van der Waals surface area contributed by atoms with Crippen LogP contribution in [-0.4, -0.2) is 43.9 Å². The van der Waals surface area contributed by atoms with Crippen molar-refractivity contribution < 1.29 is 14.3 Å². The number of ether oxygens (including phenoxy) is 1. The van der Waals surface area contributed by atoms with Crippen molar-refractivity contribution in [1.82, 2.24) is 10.6 Å². The normalized spacial score (nSPS) is 11.9. The van der Waals surface area contributed by atoms with Crippen LogP contribution < -0.4 is 10.6 Å². The van der Waals surface area contributed by atoms with Crippen LogP contribution in [0.3, 0.4) is 0 Å². The molecular weight excluding hydrogens is 204 g/mol. The molecule has 0 aromatic rings. The summed E-state index contributed by atoms with van der Waals surface area (Å²) < 4.78 is 4.74. The van der Waals surface area contributed by atoms with E-state index in [9.17, 15) is 9.59 Å². The van der Waals surface area contributed by atoms with E-state index in [0.29, 0.717) is 13.2 Å². The molecule has 0 aromatic carbocycles. The molecule has 2 amide bonds. The molecule has 0 rings (SSSR count). The standard InChI is InChI=1S/C8H16N2O3S/c1-6(14)8(12)10-5-7(11)9-3-4-13-2/h6,14H,3-5H2,1-2H3,(H,9,11)(H,10,12). The molecule has 0 radical (unpaired) electrons. The molecule has 2 N–H and O–H groups in total. The fourth-order valence-electron chi connectivity index (χ4n) is 0.670. The molecule has 0 aliphatic heterocycles. The molecule has 0 bridgehead atoms. The SMILES string of the molecule is COCCNC(=O)CNC(=O)C(C)S. The van der Waals surface area contributed by atoms with Crippen LogP contribution in [0.15, 0.2) is 0 Å². The smallest absolute Gasteiger partial charge is 0.239 e. The zero-order valence-electron chi connectivity index (χ0n) is 8.37. The van der Waals surface area contributed by atoms with Gasteiger partial charge in [0, 0.05) is 13.7 Å². The van der Waals surface area contributed by atoms with Crippen LogP contribution in [-0.2, 0) is 14.3 Å². The number of thiol groups is 1. The first-order valence-corrected chi connectivity index (χ1v) is 4.81. The van der Waals surface area contributed by atoms with Gasteiger partial charge in [-0.25, -0.2) is 0 Å². The van der Waals surface area contributed by atoms with Gasteiger partial charge in [-0.05, 0) is 6.92 Å². The second-order valence-corrected chi connectivity index (χ2v) is 3.51. The van der Waals surface area contributed by atoms with Crippen molar-refractivity contribution in [3.05, 3.63) is 0 Å². The Bertz CT molecular complexity index is 197. The molecule has 5 nitrogen and oxygen atoms in total. The monoisotopic (exact) mass is 220 g/mol. The Balaban J connectivity index is 3.49. The van der Waals surface area contributed by atoms with Crippen LogP contribution >= 0.6 is 12.6 Å². The Hall–Kier alpha value is -0.750. The third kappa shape index (κ3) is 6.73. The molecule has 0 saturated carbocycles. The molecule has 1 atom stereocenters. The fourth-order valence-corrected chi connectivity index (χ4v) is 0.761. The third-order valence-corrected chi connectivity index (χ3v) is 1.67. The highest BCUT2D eigenvalue weighted by Gasteiger charge is 2.08. The number of carbonyl (C=O) groups is 2. The highest BCUT2D eigenvalue weighted by atomic mass is 32.1. The van der Waals surface area contributed by atoms with Crippen molar-refractivity contribution >= 4 is 24.4 Å². The van der Waals surface area contributed by atoms with Crippen LogP contribution in [0.2, 0.25) is 0 Å². The average Bonchev–Trinajstić information content (AvgIpc) is 2.14. The zero-order valence-corrected chi connectivity index (χ0v) is 9.27. The van der Waals surface area contributed by atoms with Gasteiger partial charge in [0.1, 0.15) is 0 Å². The highest BCUT2D eigenvalue weighted by molar-refractivity contribution is 7.81. The molecule has 82 valence electrons. The van der Waals surface area contributed by atoms with Crippen molar-refractivity contribution in [3.63, 3.8) is 0 Å². The lowest BCUT2D eigenvalue weighted by Crippen LogP contribution is -2.40. The Labute approximate surface area is 89.0 Å². The van der Waals surface area contributed by atoms with E-state index < -0.39 is 5.25 Å². The lowest BCUT2D eigenvalue weighted by atomic mass is 10.4. The summed E-state index contributed by atoms with van der Waals surface area (Å²) in [6.07, 6.45) is 0. The fraction of sp³-hybridized carbons (Fsp3) is 0.750. The van der Waals surface area contributed by atoms with Gasteiger partial charge in [0.15, 0.2) is 0 Å². The van der Waals surface area contributed by atoms with Gasteiger partial charge in [-0.1, -0.05) is 0 Å². The van der Waals surface area contributed by atoms with E-state index in [1.807, 2.05) is 0 Å². The van der Waals surface area contributed by atoms with Gasteiger partial charge in [-0.3, -0.25) is 9.59 Å².